The largest absolute Gasteiger partial charge is 0.295 e. The molecule has 0 N–H and O–H groups in total. The molecule has 0 saturated heterocycles. The lowest BCUT2D eigenvalue weighted by atomic mass is 10.2. The van der Waals surface area contributed by atoms with Gasteiger partial charge in [0.1, 0.15) is 0 Å². The summed E-state index contributed by atoms with van der Waals surface area (Å²) in [5.74, 6) is 0.441. The smallest absolute Gasteiger partial charge is 0.185 e. The van der Waals surface area contributed by atoms with E-state index in [-0.39, 0.29) is 0 Å². The lowest BCUT2D eigenvalue weighted by Gasteiger charge is -2.06. The second-order valence-corrected chi connectivity index (χ2v) is 3.55. The van der Waals surface area contributed by atoms with Crippen LogP contribution in [-0.2, 0) is 0 Å². The zero-order valence-corrected chi connectivity index (χ0v) is 8.77. The van der Waals surface area contributed by atoms with Crippen LogP contribution in [-0.4, -0.2) is 15.8 Å². The number of hydrogen-bond donors (Lipinski definition) is 0. The Kier molecular flexibility index (Phi) is 2.37. The van der Waals surface area contributed by atoms with E-state index in [1.807, 2.05) is 42.7 Å². The predicted octanol–water partition coefficient (Wildman–Crippen LogP) is 2.30. The third-order valence-electron chi connectivity index (χ3n) is 2.36. The Morgan fingerprint density at radius 2 is 1.87 bits per heavy atom. The fourth-order valence-electron chi connectivity index (χ4n) is 1.57. The van der Waals surface area contributed by atoms with E-state index in [9.17, 15) is 4.79 Å². The number of imidazole rings is 1. The van der Waals surface area contributed by atoms with Crippen molar-refractivity contribution < 1.29 is 4.79 Å². The van der Waals surface area contributed by atoms with Crippen molar-refractivity contribution in [3.8, 4) is 5.69 Å². The molecule has 0 bridgehead atoms. The Bertz CT molecular complexity index is 483. The van der Waals surface area contributed by atoms with Crippen molar-refractivity contribution in [2.45, 2.75) is 13.8 Å². The maximum Gasteiger partial charge on any atom is 0.185 e. The van der Waals surface area contributed by atoms with E-state index in [2.05, 4.69) is 4.98 Å². The summed E-state index contributed by atoms with van der Waals surface area (Å²) in [5.41, 5.74) is 3.13. The lowest BCUT2D eigenvalue weighted by Crippen LogP contribution is -2.01. The van der Waals surface area contributed by atoms with E-state index < -0.39 is 0 Å². The maximum atomic E-state index is 10.8. The lowest BCUT2D eigenvalue weighted by molar-refractivity contribution is 0.111. The molecule has 2 aromatic rings. The summed E-state index contributed by atoms with van der Waals surface area (Å²) in [6.07, 6.45) is 2.47. The van der Waals surface area contributed by atoms with Crippen LogP contribution >= 0.6 is 0 Å². The van der Waals surface area contributed by atoms with Gasteiger partial charge in [-0.05, 0) is 26.0 Å². The minimum atomic E-state index is 0.441. The molecule has 1 aromatic heterocycles. The number of carbonyl (C=O) groups excluding carboxylic acids is 1. The number of aromatic nitrogens is 2. The van der Waals surface area contributed by atoms with Crippen LogP contribution in [0.3, 0.4) is 0 Å². The quantitative estimate of drug-likeness (QED) is 0.697. The van der Waals surface area contributed by atoms with Gasteiger partial charge in [0.05, 0.1) is 0 Å². The summed E-state index contributed by atoms with van der Waals surface area (Å²) >= 11 is 0. The van der Waals surface area contributed by atoms with Gasteiger partial charge in [-0.1, -0.05) is 17.7 Å². The van der Waals surface area contributed by atoms with Gasteiger partial charge in [-0.2, -0.15) is 0 Å². The molecule has 0 unspecified atom stereocenters. The van der Waals surface area contributed by atoms with Gasteiger partial charge >= 0.3 is 0 Å². The molecule has 0 aliphatic carbocycles. The van der Waals surface area contributed by atoms with Crippen LogP contribution in [0.4, 0.5) is 0 Å². The van der Waals surface area contributed by atoms with Gasteiger partial charge in [-0.15, -0.1) is 0 Å². The van der Waals surface area contributed by atoms with Gasteiger partial charge < -0.3 is 0 Å². The zero-order chi connectivity index (χ0) is 10.8. The number of nitrogens with zero attached hydrogens (tertiary/aromatic N) is 2. The average molecular weight is 200 g/mol. The third kappa shape index (κ3) is 1.68. The van der Waals surface area contributed by atoms with Crippen LogP contribution in [0.1, 0.15) is 21.9 Å². The van der Waals surface area contributed by atoms with Crippen LogP contribution in [0.2, 0.25) is 0 Å². The van der Waals surface area contributed by atoms with E-state index >= 15 is 0 Å². The van der Waals surface area contributed by atoms with Crippen molar-refractivity contribution in [1.29, 1.82) is 0 Å². The van der Waals surface area contributed by atoms with Crippen LogP contribution < -0.4 is 0 Å². The second kappa shape index (κ2) is 3.69. The minimum absolute atomic E-state index is 0.441. The third-order valence-corrected chi connectivity index (χ3v) is 2.36. The average Bonchev–Trinajstić information content (AvgIpc) is 2.61. The predicted molar refractivity (Wildman–Crippen MR) is 58.4 cm³/mol. The highest BCUT2D eigenvalue weighted by molar-refractivity contribution is 5.71. The first-order valence-corrected chi connectivity index (χ1v) is 4.79. The van der Waals surface area contributed by atoms with Gasteiger partial charge in [0.15, 0.2) is 12.1 Å². The van der Waals surface area contributed by atoms with Gasteiger partial charge in [0.2, 0.25) is 0 Å². The van der Waals surface area contributed by atoms with Gasteiger partial charge in [0, 0.05) is 17.6 Å². The normalized spacial score (nSPS) is 10.3. The molecule has 0 atom stereocenters. The fraction of sp³-hybridized carbons (Fsp3) is 0.167. The Labute approximate surface area is 88.4 Å². The number of hydrogen-bond acceptors (Lipinski definition) is 2. The summed E-state index contributed by atoms with van der Waals surface area (Å²) in [6, 6.07) is 8.00. The van der Waals surface area contributed by atoms with Gasteiger partial charge in [-0.25, -0.2) is 4.98 Å². The van der Waals surface area contributed by atoms with E-state index in [4.69, 9.17) is 0 Å². The first kappa shape index (κ1) is 9.65. The monoisotopic (exact) mass is 200 g/mol. The first-order chi connectivity index (χ1) is 7.22. The first-order valence-electron chi connectivity index (χ1n) is 4.79. The molecule has 3 heteroatoms. The van der Waals surface area contributed by atoms with E-state index in [0.29, 0.717) is 5.82 Å². The SMILES string of the molecule is Cc1ccc(-n2c(C)cnc2C=O)cc1. The Balaban J connectivity index is 2.57. The molecule has 0 amide bonds. The Morgan fingerprint density at radius 1 is 1.20 bits per heavy atom. The topological polar surface area (TPSA) is 34.9 Å². The van der Waals surface area contributed by atoms with Crippen molar-refractivity contribution in [2.75, 3.05) is 0 Å². The number of carbonyl (C=O) groups is 1. The maximum absolute atomic E-state index is 10.8. The highest BCUT2D eigenvalue weighted by Gasteiger charge is 2.06. The van der Waals surface area contributed by atoms with Crippen LogP contribution in [0.25, 0.3) is 5.69 Å². The molecular formula is C12H12N2O. The van der Waals surface area contributed by atoms with Crippen LogP contribution in [0, 0.1) is 13.8 Å². The van der Waals surface area contributed by atoms with Crippen LogP contribution in [0.15, 0.2) is 30.5 Å². The number of rotatable bonds is 2. The molecule has 0 aliphatic rings. The summed E-state index contributed by atoms with van der Waals surface area (Å²) in [7, 11) is 0. The number of aryl methyl sites for hydroxylation is 2. The molecule has 2 rings (SSSR count). The van der Waals surface area contributed by atoms with E-state index in [0.717, 1.165) is 17.7 Å². The Hall–Kier alpha value is -1.90. The zero-order valence-electron chi connectivity index (χ0n) is 8.77. The summed E-state index contributed by atoms with van der Waals surface area (Å²) < 4.78 is 1.84. The van der Waals surface area contributed by atoms with Crippen molar-refractivity contribution in [3.05, 3.63) is 47.5 Å². The molecule has 0 aliphatic heterocycles. The van der Waals surface area contributed by atoms with Crippen LogP contribution in [0.5, 0.6) is 0 Å². The van der Waals surface area contributed by atoms with Crippen molar-refractivity contribution in [1.82, 2.24) is 9.55 Å². The molecular weight excluding hydrogens is 188 g/mol. The van der Waals surface area contributed by atoms with Crippen molar-refractivity contribution in [2.24, 2.45) is 0 Å². The highest BCUT2D eigenvalue weighted by Crippen LogP contribution is 2.14. The molecule has 1 heterocycles. The summed E-state index contributed by atoms with van der Waals surface area (Å²) in [6.45, 7) is 3.96. The van der Waals surface area contributed by atoms with Crippen molar-refractivity contribution >= 4 is 6.29 Å². The molecule has 0 fully saturated rings. The van der Waals surface area contributed by atoms with E-state index in [1.165, 1.54) is 5.56 Å². The van der Waals surface area contributed by atoms with Crippen molar-refractivity contribution in [3.63, 3.8) is 0 Å². The number of benzene rings is 1. The summed E-state index contributed by atoms with van der Waals surface area (Å²) in [4.78, 5) is 14.8. The number of aldehydes is 1. The molecule has 3 nitrogen and oxygen atoms in total. The van der Waals surface area contributed by atoms with E-state index in [1.54, 1.807) is 6.20 Å². The summed E-state index contributed by atoms with van der Waals surface area (Å²) in [5, 5.41) is 0. The second-order valence-electron chi connectivity index (χ2n) is 3.55. The highest BCUT2D eigenvalue weighted by atomic mass is 16.1. The Morgan fingerprint density at radius 3 is 2.47 bits per heavy atom. The molecule has 76 valence electrons. The molecule has 0 spiro atoms. The van der Waals surface area contributed by atoms with Gasteiger partial charge in [-0.3, -0.25) is 9.36 Å². The molecule has 15 heavy (non-hydrogen) atoms. The molecule has 1 aromatic carbocycles. The standard InChI is InChI=1S/C12H12N2O/c1-9-3-5-11(6-4-9)14-10(2)7-13-12(14)8-15/h3-8H,1-2H3. The molecule has 0 radical (unpaired) electrons. The molecule has 0 saturated carbocycles. The minimum Gasteiger partial charge on any atom is -0.295 e. The fourth-order valence-corrected chi connectivity index (χ4v) is 1.57. The van der Waals surface area contributed by atoms with Gasteiger partial charge in [0.25, 0.3) is 0 Å².